The van der Waals surface area contributed by atoms with E-state index < -0.39 is 0 Å². The maximum absolute atomic E-state index is 12.6. The van der Waals surface area contributed by atoms with Gasteiger partial charge in [-0.05, 0) is 48.4 Å². The Morgan fingerprint density at radius 1 is 1.16 bits per heavy atom. The van der Waals surface area contributed by atoms with E-state index in [1.165, 1.54) is 5.56 Å². The molecule has 2 aromatic heterocycles. The number of nitrogens with one attached hydrogen (secondary N) is 2. The summed E-state index contributed by atoms with van der Waals surface area (Å²) in [6.45, 7) is 2.55. The summed E-state index contributed by atoms with van der Waals surface area (Å²) in [6, 6.07) is 15.1. The lowest BCUT2D eigenvalue weighted by Crippen LogP contribution is -2.12. The molecular formula is C23H21N5O4. The Hall–Kier alpha value is -4.27. The second-order valence-electron chi connectivity index (χ2n) is 7.23. The Morgan fingerprint density at radius 3 is 2.84 bits per heavy atom. The number of aryl methyl sites for hydroxylation is 1. The zero-order valence-electron chi connectivity index (χ0n) is 17.4. The highest BCUT2D eigenvalue weighted by Gasteiger charge is 2.17. The molecule has 4 aromatic rings. The van der Waals surface area contributed by atoms with Gasteiger partial charge >= 0.3 is 0 Å². The highest BCUT2D eigenvalue weighted by molar-refractivity contribution is 6.03. The van der Waals surface area contributed by atoms with Crippen molar-refractivity contribution in [1.29, 1.82) is 0 Å². The first kappa shape index (κ1) is 19.7. The monoisotopic (exact) mass is 431 g/mol. The van der Waals surface area contributed by atoms with Gasteiger partial charge in [-0.1, -0.05) is 19.1 Å². The normalized spacial score (nSPS) is 12.0. The number of carbonyl (C=O) groups is 1. The van der Waals surface area contributed by atoms with E-state index >= 15 is 0 Å². The molecule has 0 atom stereocenters. The Balaban J connectivity index is 1.20. The van der Waals surface area contributed by atoms with Crippen molar-refractivity contribution in [3.63, 3.8) is 0 Å². The van der Waals surface area contributed by atoms with E-state index in [1.807, 2.05) is 42.5 Å². The van der Waals surface area contributed by atoms with Crippen LogP contribution in [0.5, 0.6) is 17.2 Å². The second kappa shape index (κ2) is 8.46. The van der Waals surface area contributed by atoms with E-state index in [0.717, 1.165) is 17.7 Å². The largest absolute Gasteiger partial charge is 0.471 e. The summed E-state index contributed by atoms with van der Waals surface area (Å²) in [4.78, 5) is 12.6. The van der Waals surface area contributed by atoms with Crippen LogP contribution in [-0.4, -0.2) is 32.7 Å². The Morgan fingerprint density at radius 2 is 2.00 bits per heavy atom. The van der Waals surface area contributed by atoms with Gasteiger partial charge < -0.3 is 19.5 Å². The van der Waals surface area contributed by atoms with Crippen molar-refractivity contribution >= 4 is 11.6 Å². The molecule has 0 radical (unpaired) electrons. The molecule has 1 amide bonds. The van der Waals surface area contributed by atoms with Gasteiger partial charge in [0.2, 0.25) is 6.79 Å². The SMILES string of the molecule is CCc1ccc(OCn2cc(NC(=O)c3cc(-c4ccc5c(c4)OCO5)n[nH]3)cn2)cc1. The number of rotatable bonds is 7. The molecule has 9 nitrogen and oxygen atoms in total. The van der Waals surface area contributed by atoms with Crippen LogP contribution in [0.4, 0.5) is 5.69 Å². The van der Waals surface area contributed by atoms with Crippen molar-refractivity contribution in [2.75, 3.05) is 12.1 Å². The molecule has 3 heterocycles. The number of hydrogen-bond acceptors (Lipinski definition) is 6. The van der Waals surface area contributed by atoms with E-state index in [0.29, 0.717) is 28.6 Å². The average Bonchev–Trinajstić information content (AvgIpc) is 3.58. The molecule has 0 unspecified atom stereocenters. The van der Waals surface area contributed by atoms with Gasteiger partial charge in [-0.15, -0.1) is 0 Å². The minimum Gasteiger partial charge on any atom is -0.471 e. The molecule has 9 heteroatoms. The van der Waals surface area contributed by atoms with E-state index in [4.69, 9.17) is 14.2 Å². The van der Waals surface area contributed by atoms with Crippen LogP contribution in [0.2, 0.25) is 0 Å². The first-order valence-electron chi connectivity index (χ1n) is 10.2. The van der Waals surface area contributed by atoms with Crippen molar-refractivity contribution in [3.8, 4) is 28.5 Å². The van der Waals surface area contributed by atoms with Crippen molar-refractivity contribution in [2.45, 2.75) is 20.1 Å². The topological polar surface area (TPSA) is 103 Å². The molecular weight excluding hydrogens is 410 g/mol. The first-order valence-corrected chi connectivity index (χ1v) is 10.2. The lowest BCUT2D eigenvalue weighted by Gasteiger charge is -2.06. The van der Waals surface area contributed by atoms with Crippen LogP contribution >= 0.6 is 0 Å². The highest BCUT2D eigenvalue weighted by atomic mass is 16.7. The maximum Gasteiger partial charge on any atom is 0.273 e. The number of ether oxygens (including phenoxy) is 3. The average molecular weight is 431 g/mol. The van der Waals surface area contributed by atoms with E-state index in [9.17, 15) is 4.79 Å². The number of benzene rings is 2. The molecule has 0 bridgehead atoms. The fraction of sp³-hybridized carbons (Fsp3) is 0.174. The predicted molar refractivity (Wildman–Crippen MR) is 117 cm³/mol. The molecule has 0 saturated heterocycles. The van der Waals surface area contributed by atoms with E-state index in [-0.39, 0.29) is 19.4 Å². The molecule has 1 aliphatic heterocycles. The molecule has 0 fully saturated rings. The summed E-state index contributed by atoms with van der Waals surface area (Å²) in [6.07, 6.45) is 4.25. The third-order valence-electron chi connectivity index (χ3n) is 5.08. The third-order valence-corrected chi connectivity index (χ3v) is 5.08. The summed E-state index contributed by atoms with van der Waals surface area (Å²) in [5.74, 6) is 1.80. The number of nitrogens with zero attached hydrogens (tertiary/aromatic N) is 3. The molecule has 32 heavy (non-hydrogen) atoms. The van der Waals surface area contributed by atoms with Gasteiger partial charge in [-0.3, -0.25) is 9.89 Å². The van der Waals surface area contributed by atoms with Crippen molar-refractivity contribution in [3.05, 3.63) is 72.2 Å². The van der Waals surface area contributed by atoms with E-state index in [2.05, 4.69) is 27.5 Å². The number of amides is 1. The van der Waals surface area contributed by atoms with Crippen molar-refractivity contribution in [2.24, 2.45) is 0 Å². The second-order valence-corrected chi connectivity index (χ2v) is 7.23. The lowest BCUT2D eigenvalue weighted by atomic mass is 10.1. The Kier molecular flexibility index (Phi) is 5.20. The van der Waals surface area contributed by atoms with Crippen molar-refractivity contribution in [1.82, 2.24) is 20.0 Å². The summed E-state index contributed by atoms with van der Waals surface area (Å²) < 4.78 is 18.1. The molecule has 5 rings (SSSR count). The molecule has 0 spiro atoms. The lowest BCUT2D eigenvalue weighted by molar-refractivity contribution is 0.102. The van der Waals surface area contributed by atoms with Crippen LogP contribution in [0.25, 0.3) is 11.3 Å². The summed E-state index contributed by atoms with van der Waals surface area (Å²) in [5, 5.41) is 14.0. The number of aromatic amines is 1. The number of carbonyl (C=O) groups excluding carboxylic acids is 1. The van der Waals surface area contributed by atoms with Crippen LogP contribution in [0.15, 0.2) is 60.9 Å². The zero-order valence-corrected chi connectivity index (χ0v) is 17.4. The molecule has 1 aliphatic rings. The number of hydrogen-bond donors (Lipinski definition) is 2. The smallest absolute Gasteiger partial charge is 0.273 e. The molecule has 0 saturated carbocycles. The minimum absolute atomic E-state index is 0.205. The number of fused-ring (bicyclic) bond motifs is 1. The number of anilines is 1. The molecule has 162 valence electrons. The van der Waals surface area contributed by atoms with Crippen LogP contribution in [0.3, 0.4) is 0 Å². The molecule has 2 N–H and O–H groups in total. The van der Waals surface area contributed by atoms with Crippen LogP contribution in [-0.2, 0) is 13.2 Å². The third kappa shape index (κ3) is 4.13. The van der Waals surface area contributed by atoms with Crippen molar-refractivity contribution < 1.29 is 19.0 Å². The van der Waals surface area contributed by atoms with Gasteiger partial charge in [0.25, 0.3) is 5.91 Å². The summed E-state index contributed by atoms with van der Waals surface area (Å²) in [5.41, 5.74) is 3.59. The summed E-state index contributed by atoms with van der Waals surface area (Å²) >= 11 is 0. The quantitative estimate of drug-likeness (QED) is 0.461. The highest BCUT2D eigenvalue weighted by Crippen LogP contribution is 2.35. The van der Waals surface area contributed by atoms with Crippen LogP contribution in [0.1, 0.15) is 23.0 Å². The van der Waals surface area contributed by atoms with Crippen LogP contribution in [0, 0.1) is 0 Å². The Labute approximate surface area is 183 Å². The van der Waals surface area contributed by atoms with Gasteiger partial charge in [0, 0.05) is 5.56 Å². The first-order chi connectivity index (χ1) is 15.7. The number of H-pyrrole nitrogens is 1. The summed E-state index contributed by atoms with van der Waals surface area (Å²) in [7, 11) is 0. The zero-order chi connectivity index (χ0) is 21.9. The van der Waals surface area contributed by atoms with Gasteiger partial charge in [-0.2, -0.15) is 10.2 Å². The molecule has 0 aliphatic carbocycles. The standard InChI is InChI=1S/C23H21N5O4/c1-2-15-3-6-18(7-4-15)30-13-28-12-17(11-24-28)25-23(29)20-10-19(26-27-20)16-5-8-21-22(9-16)32-14-31-21/h3-12H,2,13-14H2,1H3,(H,25,29)(H,26,27). The fourth-order valence-electron chi connectivity index (χ4n) is 3.30. The van der Waals surface area contributed by atoms with Gasteiger partial charge in [0.1, 0.15) is 11.4 Å². The maximum atomic E-state index is 12.6. The van der Waals surface area contributed by atoms with Gasteiger partial charge in [-0.25, -0.2) is 4.68 Å². The van der Waals surface area contributed by atoms with Gasteiger partial charge in [0.15, 0.2) is 18.2 Å². The van der Waals surface area contributed by atoms with Gasteiger partial charge in [0.05, 0.1) is 23.8 Å². The predicted octanol–water partition coefficient (Wildman–Crippen LogP) is 3.85. The number of aromatic nitrogens is 4. The van der Waals surface area contributed by atoms with Crippen LogP contribution < -0.4 is 19.5 Å². The molecule has 2 aromatic carbocycles. The fourth-order valence-corrected chi connectivity index (χ4v) is 3.30. The minimum atomic E-state index is -0.319. The Bertz CT molecular complexity index is 1250. The van der Waals surface area contributed by atoms with E-state index in [1.54, 1.807) is 23.1 Å².